The van der Waals surface area contributed by atoms with Crippen molar-refractivity contribution in [2.75, 3.05) is 42.6 Å². The first-order chi connectivity index (χ1) is 15.2. The van der Waals surface area contributed by atoms with Crippen molar-refractivity contribution in [2.45, 2.75) is 12.8 Å². The smallest absolute Gasteiger partial charge is 0.234 e. The van der Waals surface area contributed by atoms with Crippen LogP contribution < -0.4 is 9.80 Å². The van der Waals surface area contributed by atoms with E-state index in [2.05, 4.69) is 20.9 Å². The van der Waals surface area contributed by atoms with Crippen molar-refractivity contribution >= 4 is 29.0 Å². The van der Waals surface area contributed by atoms with E-state index in [0.29, 0.717) is 30.6 Å². The standard InChI is InChI=1S/C24H23ClN4O2/c25-20-6-2-1-4-18(20)17-5-3-7-21-19(17)9-11-29(21)24(30)16-22-26-10-8-23(27-22)28-12-14-31-15-13-28/h1-8,10H,9,11-16H2. The minimum atomic E-state index is 0.00851. The number of morpholine rings is 1. The summed E-state index contributed by atoms with van der Waals surface area (Å²) in [5.41, 5.74) is 4.19. The molecule has 0 N–H and O–H groups in total. The summed E-state index contributed by atoms with van der Waals surface area (Å²) in [5, 5.41) is 0.717. The van der Waals surface area contributed by atoms with Crippen molar-refractivity contribution < 1.29 is 9.53 Å². The number of hydrogen-bond donors (Lipinski definition) is 0. The highest BCUT2D eigenvalue weighted by Crippen LogP contribution is 2.38. The fourth-order valence-corrected chi connectivity index (χ4v) is 4.54. The Morgan fingerprint density at radius 3 is 2.65 bits per heavy atom. The molecule has 5 rings (SSSR count). The van der Waals surface area contributed by atoms with E-state index in [0.717, 1.165) is 47.7 Å². The number of anilines is 2. The highest BCUT2D eigenvalue weighted by molar-refractivity contribution is 6.33. The van der Waals surface area contributed by atoms with Gasteiger partial charge in [-0.05, 0) is 35.7 Å². The van der Waals surface area contributed by atoms with E-state index < -0.39 is 0 Å². The SMILES string of the molecule is O=C(Cc1nccc(N2CCOCC2)n1)N1CCc2c(-c3ccccc3Cl)cccc21. The van der Waals surface area contributed by atoms with Gasteiger partial charge in [-0.15, -0.1) is 0 Å². The van der Waals surface area contributed by atoms with Crippen molar-refractivity contribution in [3.05, 3.63) is 71.1 Å². The quantitative estimate of drug-likeness (QED) is 0.625. The Hall–Kier alpha value is -2.96. The second kappa shape index (κ2) is 8.65. The van der Waals surface area contributed by atoms with E-state index in [-0.39, 0.29) is 12.3 Å². The number of hydrogen-bond acceptors (Lipinski definition) is 5. The molecule has 1 saturated heterocycles. The van der Waals surface area contributed by atoms with Gasteiger partial charge in [0.1, 0.15) is 11.6 Å². The Labute approximate surface area is 186 Å². The Kier molecular flexibility index (Phi) is 5.57. The van der Waals surface area contributed by atoms with Gasteiger partial charge in [-0.25, -0.2) is 9.97 Å². The molecule has 0 bridgehead atoms. The van der Waals surface area contributed by atoms with E-state index in [1.165, 1.54) is 0 Å². The molecule has 0 saturated carbocycles. The molecule has 0 radical (unpaired) electrons. The monoisotopic (exact) mass is 434 g/mol. The lowest BCUT2D eigenvalue weighted by Crippen LogP contribution is -2.37. The maximum Gasteiger partial charge on any atom is 0.234 e. The number of benzene rings is 2. The Morgan fingerprint density at radius 1 is 1.00 bits per heavy atom. The first kappa shape index (κ1) is 20.0. The molecular weight excluding hydrogens is 412 g/mol. The first-order valence-corrected chi connectivity index (χ1v) is 10.9. The molecule has 0 atom stereocenters. The molecule has 158 valence electrons. The van der Waals surface area contributed by atoms with Crippen molar-refractivity contribution in [1.82, 2.24) is 9.97 Å². The normalized spacial score (nSPS) is 15.8. The zero-order valence-electron chi connectivity index (χ0n) is 17.1. The van der Waals surface area contributed by atoms with Gasteiger partial charge in [0.25, 0.3) is 0 Å². The number of halogens is 1. The molecular formula is C24H23ClN4O2. The third-order valence-corrected chi connectivity index (χ3v) is 6.16. The molecule has 0 unspecified atom stereocenters. The Balaban J connectivity index is 1.37. The van der Waals surface area contributed by atoms with Crippen LogP contribution in [0.2, 0.25) is 5.02 Å². The highest BCUT2D eigenvalue weighted by atomic mass is 35.5. The molecule has 2 aliphatic rings. The summed E-state index contributed by atoms with van der Waals surface area (Å²) in [7, 11) is 0. The van der Waals surface area contributed by atoms with Gasteiger partial charge >= 0.3 is 0 Å². The van der Waals surface area contributed by atoms with Gasteiger partial charge in [0.15, 0.2) is 0 Å². The lowest BCUT2D eigenvalue weighted by atomic mass is 9.98. The maximum atomic E-state index is 13.2. The lowest BCUT2D eigenvalue weighted by Gasteiger charge is -2.27. The minimum absolute atomic E-state index is 0.00851. The fourth-order valence-electron chi connectivity index (χ4n) is 4.30. The molecule has 1 amide bonds. The number of nitrogens with zero attached hydrogens (tertiary/aromatic N) is 4. The molecule has 3 aromatic rings. The molecule has 1 aromatic heterocycles. The summed E-state index contributed by atoms with van der Waals surface area (Å²) >= 11 is 6.44. The molecule has 7 heteroatoms. The molecule has 2 aromatic carbocycles. The first-order valence-electron chi connectivity index (χ1n) is 10.5. The van der Waals surface area contributed by atoms with Crippen molar-refractivity contribution in [2.24, 2.45) is 0 Å². The zero-order chi connectivity index (χ0) is 21.2. The minimum Gasteiger partial charge on any atom is -0.378 e. The zero-order valence-corrected chi connectivity index (χ0v) is 17.9. The van der Waals surface area contributed by atoms with Crippen LogP contribution in [0.5, 0.6) is 0 Å². The molecule has 6 nitrogen and oxygen atoms in total. The van der Waals surface area contributed by atoms with Crippen LogP contribution in [0.3, 0.4) is 0 Å². The number of carbonyl (C=O) groups excluding carboxylic acids is 1. The van der Waals surface area contributed by atoms with Crippen LogP contribution in [-0.4, -0.2) is 48.7 Å². The van der Waals surface area contributed by atoms with E-state index in [4.69, 9.17) is 16.3 Å². The third kappa shape index (κ3) is 4.01. The van der Waals surface area contributed by atoms with E-state index in [1.807, 2.05) is 47.4 Å². The van der Waals surface area contributed by atoms with Crippen LogP contribution in [0, 0.1) is 0 Å². The number of fused-ring (bicyclic) bond motifs is 1. The van der Waals surface area contributed by atoms with E-state index >= 15 is 0 Å². The summed E-state index contributed by atoms with van der Waals surface area (Å²) in [6, 6.07) is 15.8. The number of ether oxygens (including phenoxy) is 1. The Morgan fingerprint density at radius 2 is 1.81 bits per heavy atom. The van der Waals surface area contributed by atoms with Crippen LogP contribution in [0.4, 0.5) is 11.5 Å². The van der Waals surface area contributed by atoms with Crippen molar-refractivity contribution in [1.29, 1.82) is 0 Å². The van der Waals surface area contributed by atoms with Crippen molar-refractivity contribution in [3.8, 4) is 11.1 Å². The second-order valence-electron chi connectivity index (χ2n) is 7.69. The van der Waals surface area contributed by atoms with Gasteiger partial charge in [-0.3, -0.25) is 4.79 Å². The number of rotatable bonds is 4. The molecule has 1 fully saturated rings. The van der Waals surface area contributed by atoms with Gasteiger partial charge < -0.3 is 14.5 Å². The van der Waals surface area contributed by atoms with Gasteiger partial charge in [-0.1, -0.05) is 41.9 Å². The Bertz CT molecular complexity index is 1110. The van der Waals surface area contributed by atoms with E-state index in [9.17, 15) is 4.79 Å². The van der Waals surface area contributed by atoms with Crippen LogP contribution in [-0.2, 0) is 22.4 Å². The van der Waals surface area contributed by atoms with Gasteiger partial charge in [0, 0.05) is 42.1 Å². The molecule has 31 heavy (non-hydrogen) atoms. The maximum absolute atomic E-state index is 13.2. The molecule has 0 spiro atoms. The van der Waals surface area contributed by atoms with Gasteiger partial charge in [0.05, 0.1) is 19.6 Å². The number of amides is 1. The van der Waals surface area contributed by atoms with Gasteiger partial charge in [0.2, 0.25) is 5.91 Å². The average Bonchev–Trinajstić information content (AvgIpc) is 3.25. The number of aromatic nitrogens is 2. The summed E-state index contributed by atoms with van der Waals surface area (Å²) in [4.78, 5) is 26.2. The van der Waals surface area contributed by atoms with Gasteiger partial charge in [-0.2, -0.15) is 0 Å². The van der Waals surface area contributed by atoms with E-state index in [1.54, 1.807) is 6.20 Å². The predicted octanol–water partition coefficient (Wildman–Crippen LogP) is 3.77. The highest BCUT2D eigenvalue weighted by Gasteiger charge is 2.28. The number of carbonyl (C=O) groups is 1. The molecule has 3 heterocycles. The largest absolute Gasteiger partial charge is 0.378 e. The topological polar surface area (TPSA) is 58.6 Å². The van der Waals surface area contributed by atoms with Crippen LogP contribution in [0.1, 0.15) is 11.4 Å². The summed E-state index contributed by atoms with van der Waals surface area (Å²) in [5.74, 6) is 1.41. The predicted molar refractivity (Wildman–Crippen MR) is 122 cm³/mol. The lowest BCUT2D eigenvalue weighted by molar-refractivity contribution is -0.118. The second-order valence-corrected chi connectivity index (χ2v) is 8.09. The van der Waals surface area contributed by atoms with Crippen LogP contribution in [0.25, 0.3) is 11.1 Å². The molecule has 0 aliphatic carbocycles. The summed E-state index contributed by atoms with van der Waals surface area (Å²) in [6.45, 7) is 3.63. The van der Waals surface area contributed by atoms with Crippen molar-refractivity contribution in [3.63, 3.8) is 0 Å². The van der Waals surface area contributed by atoms with Crippen LogP contribution >= 0.6 is 11.6 Å². The average molecular weight is 435 g/mol. The van der Waals surface area contributed by atoms with Crippen LogP contribution in [0.15, 0.2) is 54.7 Å². The third-order valence-electron chi connectivity index (χ3n) is 5.83. The summed E-state index contributed by atoms with van der Waals surface area (Å²) < 4.78 is 5.41. The molecule has 2 aliphatic heterocycles. The fraction of sp³-hybridized carbons (Fsp3) is 0.292. The summed E-state index contributed by atoms with van der Waals surface area (Å²) in [6.07, 6.45) is 2.71.